The van der Waals surface area contributed by atoms with Gasteiger partial charge in [0, 0.05) is 19.2 Å². The lowest BCUT2D eigenvalue weighted by Gasteiger charge is -2.12. The Labute approximate surface area is 195 Å². The van der Waals surface area contributed by atoms with Crippen LogP contribution < -0.4 is 15.2 Å². The molecule has 0 radical (unpaired) electrons. The van der Waals surface area contributed by atoms with Gasteiger partial charge in [0.25, 0.3) is 0 Å². The summed E-state index contributed by atoms with van der Waals surface area (Å²) in [6, 6.07) is 15.8. The summed E-state index contributed by atoms with van der Waals surface area (Å²) < 4.78 is 47.0. The average molecular weight is 484 g/mol. The van der Waals surface area contributed by atoms with E-state index in [1.54, 1.807) is 43.5 Å². The number of aromatic nitrogens is 3. The molecule has 0 unspecified atom stereocenters. The van der Waals surface area contributed by atoms with E-state index in [1.165, 1.54) is 24.3 Å². The minimum Gasteiger partial charge on any atom is -0.474 e. The molecule has 0 fully saturated rings. The monoisotopic (exact) mass is 483 g/mol. The Morgan fingerprint density at radius 3 is 2.35 bits per heavy atom. The molecule has 0 amide bonds. The van der Waals surface area contributed by atoms with E-state index in [0.717, 1.165) is 11.1 Å². The molecule has 11 heteroatoms. The normalized spacial score (nSPS) is 11.5. The van der Waals surface area contributed by atoms with Gasteiger partial charge in [0.15, 0.2) is 5.52 Å². The van der Waals surface area contributed by atoms with Gasteiger partial charge in [0.1, 0.15) is 12.4 Å². The first-order valence-electron chi connectivity index (χ1n) is 10.3. The van der Waals surface area contributed by atoms with Crippen LogP contribution >= 0.6 is 0 Å². The maximum Gasteiger partial charge on any atom is 0.245 e. The van der Waals surface area contributed by atoms with Crippen molar-refractivity contribution in [3.05, 3.63) is 72.0 Å². The summed E-state index contributed by atoms with van der Waals surface area (Å²) in [6.45, 7) is 0.969. The first kappa shape index (κ1) is 23.5. The van der Waals surface area contributed by atoms with Crippen LogP contribution in [0.3, 0.4) is 0 Å². The molecular formula is C23H22FN5O4S. The Morgan fingerprint density at radius 2 is 1.68 bits per heavy atom. The first-order valence-corrected chi connectivity index (χ1v) is 11.8. The number of primary sulfonamides is 1. The van der Waals surface area contributed by atoms with Crippen LogP contribution in [-0.4, -0.2) is 43.7 Å². The molecule has 4 rings (SSSR count). The maximum atomic E-state index is 13.3. The number of benzene rings is 2. The van der Waals surface area contributed by atoms with E-state index in [9.17, 15) is 12.8 Å². The van der Waals surface area contributed by atoms with E-state index < -0.39 is 10.0 Å². The number of sulfonamides is 1. The topological polar surface area (TPSA) is 129 Å². The van der Waals surface area contributed by atoms with Crippen LogP contribution in [0.15, 0.2) is 65.6 Å². The van der Waals surface area contributed by atoms with E-state index >= 15 is 0 Å². The quantitative estimate of drug-likeness (QED) is 0.348. The summed E-state index contributed by atoms with van der Waals surface area (Å²) in [5, 5.41) is 8.25. The smallest absolute Gasteiger partial charge is 0.245 e. The van der Waals surface area contributed by atoms with Crippen LogP contribution in [0, 0.1) is 5.82 Å². The van der Waals surface area contributed by atoms with Crippen LogP contribution in [0.2, 0.25) is 0 Å². The van der Waals surface area contributed by atoms with Crippen LogP contribution in [-0.2, 0) is 21.3 Å². The van der Waals surface area contributed by atoms with E-state index in [1.807, 2.05) is 0 Å². The third kappa shape index (κ3) is 5.63. The molecule has 2 heterocycles. The summed E-state index contributed by atoms with van der Waals surface area (Å²) in [5.41, 5.74) is 3.20. The Hall–Kier alpha value is -3.67. The third-order valence-corrected chi connectivity index (χ3v) is 5.81. The minimum atomic E-state index is -3.75. The van der Waals surface area contributed by atoms with Gasteiger partial charge < -0.3 is 14.8 Å². The first-order chi connectivity index (χ1) is 16.3. The number of pyridine rings is 1. The van der Waals surface area contributed by atoms with Gasteiger partial charge in [-0.05, 0) is 54.1 Å². The molecule has 176 valence electrons. The number of nitrogens with one attached hydrogen (secondary N) is 1. The van der Waals surface area contributed by atoms with Gasteiger partial charge in [-0.3, -0.25) is 0 Å². The number of nitrogens with two attached hydrogens (primary N) is 1. The molecule has 0 aliphatic rings. The van der Waals surface area contributed by atoms with Crippen molar-refractivity contribution in [2.45, 2.75) is 11.4 Å². The largest absolute Gasteiger partial charge is 0.474 e. The molecule has 34 heavy (non-hydrogen) atoms. The number of hydrogen-bond donors (Lipinski definition) is 2. The lowest BCUT2D eigenvalue weighted by atomic mass is 10.1. The standard InChI is InChI=1S/C23H22FN5O4S/c1-32-12-13-33-22-21-20(11-10-19(27-21)16-4-6-17(24)7-5-16)28-23(29-22)26-14-15-2-8-18(9-3-15)34(25,30)31/h2-11H,12-14H2,1H3,(H2,25,30,31)(H,26,28,29). The number of methoxy groups -OCH3 is 1. The molecule has 0 atom stereocenters. The molecule has 9 nitrogen and oxygen atoms in total. The fourth-order valence-corrected chi connectivity index (χ4v) is 3.66. The zero-order chi connectivity index (χ0) is 24.1. The number of nitrogens with zero attached hydrogens (tertiary/aromatic N) is 3. The number of ether oxygens (including phenoxy) is 2. The van der Waals surface area contributed by atoms with E-state index in [2.05, 4.69) is 20.3 Å². The second-order valence-electron chi connectivity index (χ2n) is 7.31. The van der Waals surface area contributed by atoms with Gasteiger partial charge >= 0.3 is 0 Å². The number of halogens is 1. The second kappa shape index (κ2) is 10.1. The van der Waals surface area contributed by atoms with Crippen molar-refractivity contribution >= 4 is 27.0 Å². The van der Waals surface area contributed by atoms with Crippen molar-refractivity contribution in [3.8, 4) is 17.1 Å². The average Bonchev–Trinajstić information content (AvgIpc) is 2.83. The maximum absolute atomic E-state index is 13.3. The number of rotatable bonds is 9. The highest BCUT2D eigenvalue weighted by molar-refractivity contribution is 7.89. The predicted molar refractivity (Wildman–Crippen MR) is 125 cm³/mol. The summed E-state index contributed by atoms with van der Waals surface area (Å²) in [4.78, 5) is 13.6. The lowest BCUT2D eigenvalue weighted by Crippen LogP contribution is -2.12. The summed E-state index contributed by atoms with van der Waals surface area (Å²) in [6.07, 6.45) is 0. The molecule has 3 N–H and O–H groups in total. The fourth-order valence-electron chi connectivity index (χ4n) is 3.15. The van der Waals surface area contributed by atoms with Crippen LogP contribution in [0.4, 0.5) is 10.3 Å². The van der Waals surface area contributed by atoms with Crippen LogP contribution in [0.25, 0.3) is 22.3 Å². The molecule has 0 saturated carbocycles. The van der Waals surface area contributed by atoms with Crippen molar-refractivity contribution in [2.75, 3.05) is 25.6 Å². The number of anilines is 1. The summed E-state index contributed by atoms with van der Waals surface area (Å²) >= 11 is 0. The molecule has 0 aliphatic heterocycles. The lowest BCUT2D eigenvalue weighted by molar-refractivity contribution is 0.144. The fraction of sp³-hybridized carbons (Fsp3) is 0.174. The van der Waals surface area contributed by atoms with E-state index in [0.29, 0.717) is 35.8 Å². The molecule has 0 spiro atoms. The summed E-state index contributed by atoms with van der Waals surface area (Å²) in [7, 11) is -2.18. The highest BCUT2D eigenvalue weighted by Crippen LogP contribution is 2.27. The highest BCUT2D eigenvalue weighted by atomic mass is 32.2. The molecule has 2 aromatic carbocycles. The van der Waals surface area contributed by atoms with Crippen molar-refractivity contribution < 1.29 is 22.3 Å². The zero-order valence-electron chi connectivity index (χ0n) is 18.2. The Bertz CT molecular complexity index is 1400. The zero-order valence-corrected chi connectivity index (χ0v) is 19.0. The minimum absolute atomic E-state index is 0.0371. The van der Waals surface area contributed by atoms with Crippen LogP contribution in [0.1, 0.15) is 5.56 Å². The van der Waals surface area contributed by atoms with Crippen molar-refractivity contribution in [1.82, 2.24) is 15.0 Å². The van der Waals surface area contributed by atoms with Crippen molar-refractivity contribution in [1.29, 1.82) is 0 Å². The van der Waals surface area contributed by atoms with Gasteiger partial charge in [-0.25, -0.2) is 27.9 Å². The highest BCUT2D eigenvalue weighted by Gasteiger charge is 2.13. The SMILES string of the molecule is COCCOc1nc(NCc2ccc(S(N)(=O)=O)cc2)nc2ccc(-c3ccc(F)cc3)nc12. The molecule has 0 saturated heterocycles. The third-order valence-electron chi connectivity index (χ3n) is 4.88. The number of fused-ring (bicyclic) bond motifs is 1. The number of hydrogen-bond acceptors (Lipinski definition) is 8. The van der Waals surface area contributed by atoms with Gasteiger partial charge in [-0.1, -0.05) is 12.1 Å². The van der Waals surface area contributed by atoms with Crippen LogP contribution in [0.5, 0.6) is 5.88 Å². The van der Waals surface area contributed by atoms with Gasteiger partial charge in [0.2, 0.25) is 21.9 Å². The molecular weight excluding hydrogens is 461 g/mol. The van der Waals surface area contributed by atoms with Gasteiger partial charge in [-0.2, -0.15) is 4.98 Å². The molecule has 2 aromatic heterocycles. The second-order valence-corrected chi connectivity index (χ2v) is 8.87. The van der Waals surface area contributed by atoms with Crippen molar-refractivity contribution in [3.63, 3.8) is 0 Å². The summed E-state index contributed by atoms with van der Waals surface area (Å²) in [5.74, 6) is 0.260. The van der Waals surface area contributed by atoms with E-state index in [-0.39, 0.29) is 23.2 Å². The van der Waals surface area contributed by atoms with E-state index in [4.69, 9.17) is 14.6 Å². The molecule has 0 aliphatic carbocycles. The van der Waals surface area contributed by atoms with Gasteiger partial charge in [0.05, 0.1) is 22.7 Å². The molecule has 4 aromatic rings. The Kier molecular flexibility index (Phi) is 6.96. The van der Waals surface area contributed by atoms with Crippen molar-refractivity contribution in [2.24, 2.45) is 5.14 Å². The Morgan fingerprint density at radius 1 is 0.941 bits per heavy atom. The predicted octanol–water partition coefficient (Wildman–Crippen LogP) is 3.12. The van der Waals surface area contributed by atoms with Gasteiger partial charge in [-0.15, -0.1) is 0 Å². The Balaban J connectivity index is 1.62. The molecule has 0 bridgehead atoms.